The molecule has 0 unspecified atom stereocenters. The zero-order valence-corrected chi connectivity index (χ0v) is 13.8. The van der Waals surface area contributed by atoms with E-state index in [2.05, 4.69) is 15.5 Å². The highest BCUT2D eigenvalue weighted by molar-refractivity contribution is 5.97. The van der Waals surface area contributed by atoms with Gasteiger partial charge in [0.05, 0.1) is 5.70 Å². The molecule has 0 saturated carbocycles. The van der Waals surface area contributed by atoms with E-state index in [4.69, 9.17) is 0 Å². The Balaban J connectivity index is 2.34. The molecule has 5 nitrogen and oxygen atoms in total. The van der Waals surface area contributed by atoms with E-state index in [0.717, 1.165) is 0 Å². The second-order valence-corrected chi connectivity index (χ2v) is 5.41. The molecule has 0 bridgehead atoms. The molecule has 0 fully saturated rings. The summed E-state index contributed by atoms with van der Waals surface area (Å²) in [7, 11) is 0. The van der Waals surface area contributed by atoms with Crippen LogP contribution in [-0.2, 0) is 4.79 Å². The van der Waals surface area contributed by atoms with Gasteiger partial charge in [0.25, 0.3) is 0 Å². The van der Waals surface area contributed by atoms with Gasteiger partial charge in [-0.05, 0) is 64.9 Å². The normalized spacial score (nSPS) is 10.9. The van der Waals surface area contributed by atoms with Crippen molar-refractivity contribution in [2.24, 2.45) is 0 Å². The lowest BCUT2D eigenvalue weighted by Gasteiger charge is -2.14. The van der Waals surface area contributed by atoms with Crippen LogP contribution in [0, 0.1) is 18.6 Å². The van der Waals surface area contributed by atoms with Crippen molar-refractivity contribution >= 4 is 17.6 Å². The maximum Gasteiger partial charge on any atom is 0.153 e. The van der Waals surface area contributed by atoms with Crippen LogP contribution in [-0.4, -0.2) is 26.5 Å². The summed E-state index contributed by atoms with van der Waals surface area (Å²) in [5.74, 6) is -0.260. The highest BCUT2D eigenvalue weighted by Crippen LogP contribution is 2.30. The van der Waals surface area contributed by atoms with Crippen molar-refractivity contribution < 1.29 is 13.6 Å². The maximum atomic E-state index is 13.4. The Labute approximate surface area is 148 Å². The first-order valence-corrected chi connectivity index (χ1v) is 7.73. The summed E-state index contributed by atoms with van der Waals surface area (Å²) in [6.45, 7) is 1.71. The van der Waals surface area contributed by atoms with Crippen LogP contribution in [0.5, 0.6) is 0 Å². The number of aryl methyl sites for hydroxylation is 1. The standard InChI is InChI=1S/C19H14F2N4O/c1-13-22-23-24-25(13)18(3-2-12-26)19(14-4-8-16(20)9-5-14)15-6-10-17(21)11-7-15/h2-12H,1H3. The van der Waals surface area contributed by atoms with Crippen LogP contribution in [0.1, 0.15) is 17.0 Å². The summed E-state index contributed by atoms with van der Waals surface area (Å²) in [5.41, 5.74) is 2.45. The van der Waals surface area contributed by atoms with Gasteiger partial charge < -0.3 is 0 Å². The fourth-order valence-electron chi connectivity index (χ4n) is 2.54. The molecular formula is C19H14F2N4O. The predicted octanol–water partition coefficient (Wildman–Crippen LogP) is 3.43. The number of tetrazole rings is 1. The Hall–Kier alpha value is -3.48. The lowest BCUT2D eigenvalue weighted by Crippen LogP contribution is -2.05. The Morgan fingerprint density at radius 3 is 1.92 bits per heavy atom. The minimum atomic E-state index is -0.379. The molecular weight excluding hydrogens is 338 g/mol. The third kappa shape index (κ3) is 3.61. The third-order valence-corrected chi connectivity index (χ3v) is 3.71. The molecule has 0 amide bonds. The van der Waals surface area contributed by atoms with Crippen LogP contribution in [0.25, 0.3) is 11.3 Å². The number of aldehydes is 1. The van der Waals surface area contributed by atoms with E-state index in [1.54, 1.807) is 37.3 Å². The van der Waals surface area contributed by atoms with Crippen molar-refractivity contribution in [3.05, 3.63) is 89.3 Å². The Morgan fingerprint density at radius 2 is 1.50 bits per heavy atom. The summed E-state index contributed by atoms with van der Waals surface area (Å²) in [4.78, 5) is 10.9. The van der Waals surface area contributed by atoms with E-state index in [-0.39, 0.29) is 11.6 Å². The number of aromatic nitrogens is 4. The number of hydrogen-bond acceptors (Lipinski definition) is 4. The number of nitrogens with zero attached hydrogens (tertiary/aromatic N) is 4. The molecule has 2 aromatic carbocycles. The van der Waals surface area contributed by atoms with Gasteiger partial charge in [0.1, 0.15) is 17.9 Å². The van der Waals surface area contributed by atoms with Gasteiger partial charge in [-0.1, -0.05) is 24.3 Å². The number of carbonyl (C=O) groups is 1. The number of halogens is 2. The molecule has 3 aromatic rings. The quantitative estimate of drug-likeness (QED) is 0.401. The summed E-state index contributed by atoms with van der Waals surface area (Å²) >= 11 is 0. The van der Waals surface area contributed by atoms with Gasteiger partial charge in [-0.15, -0.1) is 5.10 Å². The molecule has 7 heteroatoms. The molecule has 0 N–H and O–H groups in total. The van der Waals surface area contributed by atoms with Gasteiger partial charge in [0.15, 0.2) is 5.82 Å². The number of allylic oxidation sites excluding steroid dienone is 3. The summed E-state index contributed by atoms with van der Waals surface area (Å²) in [5, 5.41) is 11.5. The van der Waals surface area contributed by atoms with E-state index < -0.39 is 0 Å². The first kappa shape index (κ1) is 17.3. The van der Waals surface area contributed by atoms with Crippen LogP contribution in [0.2, 0.25) is 0 Å². The van der Waals surface area contributed by atoms with Crippen molar-refractivity contribution in [1.29, 1.82) is 0 Å². The highest BCUT2D eigenvalue weighted by Gasteiger charge is 2.15. The van der Waals surface area contributed by atoms with Gasteiger partial charge in [-0.3, -0.25) is 4.79 Å². The molecule has 0 aliphatic carbocycles. The zero-order chi connectivity index (χ0) is 18.5. The van der Waals surface area contributed by atoms with Crippen LogP contribution in [0.3, 0.4) is 0 Å². The monoisotopic (exact) mass is 352 g/mol. The summed E-state index contributed by atoms with van der Waals surface area (Å²) in [6.07, 6.45) is 3.49. The second kappa shape index (κ2) is 7.60. The topological polar surface area (TPSA) is 60.7 Å². The fraction of sp³-hybridized carbons (Fsp3) is 0.0526. The average molecular weight is 352 g/mol. The summed E-state index contributed by atoms with van der Waals surface area (Å²) < 4.78 is 28.2. The van der Waals surface area contributed by atoms with Crippen LogP contribution >= 0.6 is 0 Å². The van der Waals surface area contributed by atoms with Crippen molar-refractivity contribution in [2.75, 3.05) is 0 Å². The highest BCUT2D eigenvalue weighted by atomic mass is 19.1. The molecule has 0 aliphatic heterocycles. The van der Waals surface area contributed by atoms with Crippen molar-refractivity contribution in [1.82, 2.24) is 20.2 Å². The predicted molar refractivity (Wildman–Crippen MR) is 92.8 cm³/mol. The molecule has 26 heavy (non-hydrogen) atoms. The maximum absolute atomic E-state index is 13.4. The Bertz CT molecular complexity index is 926. The van der Waals surface area contributed by atoms with Gasteiger partial charge in [-0.25, -0.2) is 8.78 Å². The zero-order valence-electron chi connectivity index (χ0n) is 13.8. The van der Waals surface area contributed by atoms with E-state index >= 15 is 0 Å². The van der Waals surface area contributed by atoms with Crippen LogP contribution in [0.4, 0.5) is 8.78 Å². The Morgan fingerprint density at radius 1 is 0.962 bits per heavy atom. The first-order valence-electron chi connectivity index (χ1n) is 7.73. The van der Waals surface area contributed by atoms with Crippen molar-refractivity contribution in [3.8, 4) is 0 Å². The lowest BCUT2D eigenvalue weighted by molar-refractivity contribution is -0.104. The number of rotatable bonds is 5. The van der Waals surface area contributed by atoms with Gasteiger partial charge in [0, 0.05) is 5.57 Å². The van der Waals surface area contributed by atoms with Crippen LogP contribution < -0.4 is 0 Å². The van der Waals surface area contributed by atoms with Gasteiger partial charge in [-0.2, -0.15) is 4.68 Å². The molecule has 0 aliphatic rings. The molecule has 130 valence electrons. The van der Waals surface area contributed by atoms with E-state index in [9.17, 15) is 13.6 Å². The smallest absolute Gasteiger partial charge is 0.153 e. The van der Waals surface area contributed by atoms with Crippen molar-refractivity contribution in [3.63, 3.8) is 0 Å². The van der Waals surface area contributed by atoms with Crippen LogP contribution in [0.15, 0.2) is 60.7 Å². The number of hydrogen-bond donors (Lipinski definition) is 0. The largest absolute Gasteiger partial charge is 0.299 e. The fourth-order valence-corrected chi connectivity index (χ4v) is 2.54. The minimum Gasteiger partial charge on any atom is -0.299 e. The molecule has 0 radical (unpaired) electrons. The van der Waals surface area contributed by atoms with E-state index in [0.29, 0.717) is 34.5 Å². The summed E-state index contributed by atoms with van der Waals surface area (Å²) in [6, 6.07) is 11.7. The number of carbonyl (C=O) groups excluding carboxylic acids is 1. The molecule has 1 heterocycles. The average Bonchev–Trinajstić information content (AvgIpc) is 3.07. The van der Waals surface area contributed by atoms with Gasteiger partial charge >= 0.3 is 0 Å². The lowest BCUT2D eigenvalue weighted by atomic mass is 9.95. The molecule has 3 rings (SSSR count). The van der Waals surface area contributed by atoms with E-state index in [1.807, 2.05) is 0 Å². The second-order valence-electron chi connectivity index (χ2n) is 5.41. The van der Waals surface area contributed by atoms with E-state index in [1.165, 1.54) is 35.0 Å². The van der Waals surface area contributed by atoms with Gasteiger partial charge in [0.2, 0.25) is 0 Å². The SMILES string of the molecule is Cc1nnnn1C(C=CC=O)=C(c1ccc(F)cc1)c1ccc(F)cc1. The molecule has 1 aromatic heterocycles. The molecule has 0 atom stereocenters. The minimum absolute atomic E-state index is 0.379. The first-order chi connectivity index (χ1) is 12.6. The molecule has 0 spiro atoms. The Kier molecular flexibility index (Phi) is 5.07. The van der Waals surface area contributed by atoms with Crippen molar-refractivity contribution in [2.45, 2.75) is 6.92 Å². The number of benzene rings is 2. The third-order valence-electron chi connectivity index (χ3n) is 3.71. The molecule has 0 saturated heterocycles.